The lowest BCUT2D eigenvalue weighted by Crippen LogP contribution is -2.21. The summed E-state index contributed by atoms with van der Waals surface area (Å²) < 4.78 is 13.6. The number of benzene rings is 1. The van der Waals surface area contributed by atoms with E-state index in [4.69, 9.17) is 9.26 Å². The first kappa shape index (κ1) is 18.2. The van der Waals surface area contributed by atoms with Gasteiger partial charge in [0, 0.05) is 0 Å². The fourth-order valence-corrected chi connectivity index (χ4v) is 3.60. The third-order valence-corrected chi connectivity index (χ3v) is 5.20. The summed E-state index contributed by atoms with van der Waals surface area (Å²) in [6.07, 6.45) is 1.42. The van der Waals surface area contributed by atoms with Gasteiger partial charge in [0.2, 0.25) is 11.7 Å². The van der Waals surface area contributed by atoms with Crippen molar-refractivity contribution in [2.75, 3.05) is 6.61 Å². The second kappa shape index (κ2) is 7.52. The molecule has 30 heavy (non-hydrogen) atoms. The predicted octanol–water partition coefficient (Wildman–Crippen LogP) is 2.54. The molecule has 0 N–H and O–H groups in total. The molecular formula is C19H15N7O3S. The number of hydrogen-bond donors (Lipinski definition) is 0. The highest BCUT2D eigenvalue weighted by Crippen LogP contribution is 2.21. The average Bonchev–Trinajstić information content (AvgIpc) is 3.51. The number of rotatable bonds is 6. The summed E-state index contributed by atoms with van der Waals surface area (Å²) in [4.78, 5) is 22.5. The molecule has 5 rings (SSSR count). The molecule has 0 unspecified atom stereocenters. The van der Waals surface area contributed by atoms with E-state index in [9.17, 15) is 4.79 Å². The van der Waals surface area contributed by atoms with Crippen molar-refractivity contribution in [3.05, 3.63) is 64.4 Å². The van der Waals surface area contributed by atoms with E-state index in [-0.39, 0.29) is 17.6 Å². The van der Waals surface area contributed by atoms with Gasteiger partial charge in [-0.25, -0.2) is 4.98 Å². The number of aromatic nitrogens is 7. The maximum absolute atomic E-state index is 12.9. The van der Waals surface area contributed by atoms with Crippen LogP contribution in [-0.2, 0) is 6.54 Å². The normalized spacial score (nSPS) is 11.2. The summed E-state index contributed by atoms with van der Waals surface area (Å²) in [6, 6.07) is 11.1. The monoisotopic (exact) mass is 421 g/mol. The Morgan fingerprint density at radius 2 is 2.07 bits per heavy atom. The molecule has 0 radical (unpaired) electrons. The number of thiophene rings is 1. The molecule has 0 aliphatic rings. The van der Waals surface area contributed by atoms with E-state index in [0.717, 1.165) is 16.3 Å². The van der Waals surface area contributed by atoms with Crippen molar-refractivity contribution in [2.45, 2.75) is 13.5 Å². The highest BCUT2D eigenvalue weighted by atomic mass is 32.1. The number of hydrogen-bond acceptors (Lipinski definition) is 9. The summed E-state index contributed by atoms with van der Waals surface area (Å²) in [5, 5.41) is 14.0. The third kappa shape index (κ3) is 3.24. The fraction of sp³-hybridized carbons (Fsp3) is 0.158. The van der Waals surface area contributed by atoms with Gasteiger partial charge in [-0.2, -0.15) is 9.67 Å². The lowest BCUT2D eigenvalue weighted by molar-refractivity contribution is 0.340. The van der Waals surface area contributed by atoms with Gasteiger partial charge in [0.25, 0.3) is 5.56 Å². The van der Waals surface area contributed by atoms with Crippen LogP contribution in [0.3, 0.4) is 0 Å². The second-order valence-corrected chi connectivity index (χ2v) is 7.21. The summed E-state index contributed by atoms with van der Waals surface area (Å²) >= 11 is 1.51. The molecule has 150 valence electrons. The largest absolute Gasteiger partial charge is 0.494 e. The van der Waals surface area contributed by atoms with Gasteiger partial charge in [-0.15, -0.1) is 16.4 Å². The van der Waals surface area contributed by atoms with Crippen molar-refractivity contribution in [3.8, 4) is 22.1 Å². The summed E-state index contributed by atoms with van der Waals surface area (Å²) in [7, 11) is 0. The third-order valence-electron chi connectivity index (χ3n) is 4.34. The zero-order valence-electron chi connectivity index (χ0n) is 15.8. The lowest BCUT2D eigenvalue weighted by Gasteiger charge is -2.05. The van der Waals surface area contributed by atoms with E-state index >= 15 is 0 Å². The van der Waals surface area contributed by atoms with Crippen molar-refractivity contribution in [3.63, 3.8) is 0 Å². The van der Waals surface area contributed by atoms with Crippen LogP contribution in [-0.4, -0.2) is 41.3 Å². The zero-order valence-corrected chi connectivity index (χ0v) is 16.6. The minimum atomic E-state index is -0.340. The Morgan fingerprint density at radius 1 is 1.20 bits per heavy atom. The van der Waals surface area contributed by atoms with Gasteiger partial charge in [0.1, 0.15) is 18.6 Å². The number of ether oxygens (including phenoxy) is 1. The SMILES string of the molecule is CCOc1ccc(-n2nnc3c(=O)n(Cc4nc(-c5cccs5)no4)cnc32)cc1. The lowest BCUT2D eigenvalue weighted by atomic mass is 10.3. The Balaban J connectivity index is 1.45. The topological polar surface area (TPSA) is 114 Å². The maximum atomic E-state index is 12.9. The van der Waals surface area contributed by atoms with Gasteiger partial charge in [0.15, 0.2) is 11.2 Å². The standard InChI is InChI=1S/C19H15N7O3S/c1-2-28-13-7-5-12(6-8-13)26-18-16(22-24-26)19(27)25(11-20-18)10-15-21-17(23-29-15)14-4-3-9-30-14/h3-9,11H,2,10H2,1H3. The molecule has 0 atom stereocenters. The molecule has 0 amide bonds. The average molecular weight is 421 g/mol. The van der Waals surface area contributed by atoms with Gasteiger partial charge in [-0.05, 0) is 42.6 Å². The summed E-state index contributed by atoms with van der Waals surface area (Å²) in [5.74, 6) is 1.55. The molecule has 1 aromatic carbocycles. The van der Waals surface area contributed by atoms with Crippen LogP contribution in [0.1, 0.15) is 12.8 Å². The molecule has 5 aromatic rings. The second-order valence-electron chi connectivity index (χ2n) is 6.27. The van der Waals surface area contributed by atoms with Gasteiger partial charge in [-0.1, -0.05) is 16.4 Å². The van der Waals surface area contributed by atoms with Crippen LogP contribution < -0.4 is 10.3 Å². The minimum Gasteiger partial charge on any atom is -0.494 e. The molecule has 0 spiro atoms. The van der Waals surface area contributed by atoms with Crippen LogP contribution in [0.5, 0.6) is 5.75 Å². The predicted molar refractivity (Wildman–Crippen MR) is 109 cm³/mol. The molecule has 11 heteroatoms. The molecule has 4 heterocycles. The minimum absolute atomic E-state index is 0.0933. The van der Waals surface area contributed by atoms with E-state index in [2.05, 4.69) is 25.4 Å². The first-order valence-corrected chi connectivity index (χ1v) is 10.0. The molecule has 0 bridgehead atoms. The van der Waals surface area contributed by atoms with Gasteiger partial charge in [0.05, 0.1) is 17.2 Å². The number of nitrogens with zero attached hydrogens (tertiary/aromatic N) is 7. The zero-order chi connectivity index (χ0) is 20.5. The molecule has 0 aliphatic carbocycles. The summed E-state index contributed by atoms with van der Waals surface area (Å²) in [5.41, 5.74) is 0.908. The van der Waals surface area contributed by atoms with E-state index in [1.807, 2.05) is 48.7 Å². The van der Waals surface area contributed by atoms with Crippen LogP contribution in [0.4, 0.5) is 0 Å². The van der Waals surface area contributed by atoms with Crippen LogP contribution >= 0.6 is 11.3 Å². The van der Waals surface area contributed by atoms with Crippen LogP contribution in [0, 0.1) is 0 Å². The molecule has 10 nitrogen and oxygen atoms in total. The Morgan fingerprint density at radius 3 is 2.83 bits per heavy atom. The van der Waals surface area contributed by atoms with Crippen molar-refractivity contribution in [1.29, 1.82) is 0 Å². The highest BCUT2D eigenvalue weighted by molar-refractivity contribution is 7.13. The van der Waals surface area contributed by atoms with E-state index in [1.165, 1.54) is 26.9 Å². The molecule has 0 saturated heterocycles. The molecule has 0 fully saturated rings. The van der Waals surface area contributed by atoms with E-state index < -0.39 is 0 Å². The number of fused-ring (bicyclic) bond motifs is 1. The first-order chi connectivity index (χ1) is 14.7. The van der Waals surface area contributed by atoms with Gasteiger partial charge < -0.3 is 9.26 Å². The Bertz CT molecular complexity index is 1350. The molecule has 4 aromatic heterocycles. The van der Waals surface area contributed by atoms with Crippen molar-refractivity contribution < 1.29 is 9.26 Å². The van der Waals surface area contributed by atoms with E-state index in [1.54, 1.807) is 0 Å². The van der Waals surface area contributed by atoms with Crippen molar-refractivity contribution in [1.82, 2.24) is 34.7 Å². The Labute approximate surface area is 173 Å². The van der Waals surface area contributed by atoms with Crippen LogP contribution in [0.2, 0.25) is 0 Å². The van der Waals surface area contributed by atoms with Crippen LogP contribution in [0.15, 0.2) is 57.4 Å². The Hall–Kier alpha value is -3.86. The van der Waals surface area contributed by atoms with Gasteiger partial charge in [-0.3, -0.25) is 9.36 Å². The molecule has 0 aliphatic heterocycles. The fourth-order valence-electron chi connectivity index (χ4n) is 2.95. The van der Waals surface area contributed by atoms with Crippen molar-refractivity contribution >= 4 is 22.5 Å². The Kier molecular flexibility index (Phi) is 4.56. The maximum Gasteiger partial charge on any atom is 0.284 e. The highest BCUT2D eigenvalue weighted by Gasteiger charge is 2.16. The van der Waals surface area contributed by atoms with Crippen LogP contribution in [0.25, 0.3) is 27.6 Å². The summed E-state index contributed by atoms with van der Waals surface area (Å²) in [6.45, 7) is 2.60. The van der Waals surface area contributed by atoms with Crippen molar-refractivity contribution in [2.24, 2.45) is 0 Å². The molecule has 0 saturated carbocycles. The quantitative estimate of drug-likeness (QED) is 0.411. The van der Waals surface area contributed by atoms with E-state index in [0.29, 0.717) is 24.0 Å². The van der Waals surface area contributed by atoms with Gasteiger partial charge >= 0.3 is 0 Å². The smallest absolute Gasteiger partial charge is 0.284 e. The molecular weight excluding hydrogens is 406 g/mol. The first-order valence-electron chi connectivity index (χ1n) is 9.13.